The van der Waals surface area contributed by atoms with Crippen LogP contribution in [-0.4, -0.2) is 36.0 Å². The average Bonchev–Trinajstić information content (AvgIpc) is 2.44. The summed E-state index contributed by atoms with van der Waals surface area (Å²) in [4.78, 5) is 33.7. The highest BCUT2D eigenvalue weighted by Gasteiger charge is 2.35. The van der Waals surface area contributed by atoms with E-state index in [0.29, 0.717) is 6.42 Å². The summed E-state index contributed by atoms with van der Waals surface area (Å²) in [6, 6.07) is 0. The Kier molecular flexibility index (Phi) is 7.14. The Morgan fingerprint density at radius 1 is 1.18 bits per heavy atom. The highest BCUT2D eigenvalue weighted by atomic mass is 16.7. The zero-order valence-corrected chi connectivity index (χ0v) is 13.2. The van der Waals surface area contributed by atoms with Crippen molar-refractivity contribution >= 4 is 18.0 Å². The normalized spacial score (nSPS) is 18.1. The molecule has 1 rings (SSSR count). The molecule has 0 spiro atoms. The molecular formula is C15H25NO6. The van der Waals surface area contributed by atoms with Gasteiger partial charge >= 0.3 is 18.0 Å². The Morgan fingerprint density at radius 2 is 1.82 bits per heavy atom. The van der Waals surface area contributed by atoms with Gasteiger partial charge in [0.2, 0.25) is 6.29 Å². The van der Waals surface area contributed by atoms with Gasteiger partial charge in [-0.05, 0) is 18.3 Å². The summed E-state index contributed by atoms with van der Waals surface area (Å²) < 4.78 is 9.85. The fourth-order valence-corrected chi connectivity index (χ4v) is 2.84. The van der Waals surface area contributed by atoms with Crippen LogP contribution in [0.5, 0.6) is 0 Å². The van der Waals surface area contributed by atoms with E-state index in [1.54, 1.807) is 6.92 Å². The fraction of sp³-hybridized carbons (Fsp3) is 0.800. The number of carbonyl (C=O) groups is 3. The summed E-state index contributed by atoms with van der Waals surface area (Å²) >= 11 is 0. The summed E-state index contributed by atoms with van der Waals surface area (Å²) in [6.07, 6.45) is 3.37. The molecule has 0 aromatic heterocycles. The molecule has 126 valence electrons. The van der Waals surface area contributed by atoms with Crippen LogP contribution in [0.1, 0.15) is 58.8 Å². The quantitative estimate of drug-likeness (QED) is 0.552. The number of carbonyl (C=O) groups excluding carboxylic acids is 2. The van der Waals surface area contributed by atoms with Crippen molar-refractivity contribution in [1.29, 1.82) is 0 Å². The minimum Gasteiger partial charge on any atom is -0.481 e. The Hall–Kier alpha value is -1.79. The number of ether oxygens (including phenoxy) is 2. The Balaban J connectivity index is 2.51. The summed E-state index contributed by atoms with van der Waals surface area (Å²) in [6.45, 7) is 3.23. The number of hydrogen-bond acceptors (Lipinski definition) is 5. The maximum absolute atomic E-state index is 11.8. The van der Waals surface area contributed by atoms with Crippen molar-refractivity contribution in [3.05, 3.63) is 0 Å². The maximum Gasteiger partial charge on any atom is 0.410 e. The standard InChI is InChI=1S/C15H25NO6/c1-3-13(21-11(2)17)22-14(20)16-10-15(9-12(18)19)7-5-4-6-8-15/h13H,3-10H2,1-2H3,(H,16,20)(H,18,19). The highest BCUT2D eigenvalue weighted by molar-refractivity contribution is 5.70. The van der Waals surface area contributed by atoms with E-state index in [1.165, 1.54) is 6.92 Å². The third kappa shape index (κ3) is 6.32. The van der Waals surface area contributed by atoms with Gasteiger partial charge in [0.25, 0.3) is 0 Å². The minimum atomic E-state index is -0.917. The van der Waals surface area contributed by atoms with Crippen LogP contribution in [0, 0.1) is 5.41 Å². The van der Waals surface area contributed by atoms with Crippen LogP contribution in [0.3, 0.4) is 0 Å². The van der Waals surface area contributed by atoms with E-state index in [4.69, 9.17) is 14.6 Å². The number of hydrogen-bond donors (Lipinski definition) is 2. The molecule has 1 saturated carbocycles. The Morgan fingerprint density at radius 3 is 2.32 bits per heavy atom. The van der Waals surface area contributed by atoms with Crippen molar-refractivity contribution in [2.24, 2.45) is 5.41 Å². The van der Waals surface area contributed by atoms with Crippen molar-refractivity contribution < 1.29 is 29.0 Å². The second-order valence-corrected chi connectivity index (χ2v) is 5.84. The molecule has 2 N–H and O–H groups in total. The first-order valence-electron chi connectivity index (χ1n) is 7.70. The van der Waals surface area contributed by atoms with Gasteiger partial charge in [-0.3, -0.25) is 9.59 Å². The maximum atomic E-state index is 11.8. The van der Waals surface area contributed by atoms with E-state index in [9.17, 15) is 14.4 Å². The molecule has 0 aromatic rings. The van der Waals surface area contributed by atoms with Crippen molar-refractivity contribution in [2.45, 2.75) is 65.1 Å². The van der Waals surface area contributed by atoms with Crippen LogP contribution in [-0.2, 0) is 19.1 Å². The van der Waals surface area contributed by atoms with Gasteiger partial charge in [-0.2, -0.15) is 0 Å². The molecule has 0 aromatic carbocycles. The van der Waals surface area contributed by atoms with Crippen LogP contribution >= 0.6 is 0 Å². The lowest BCUT2D eigenvalue weighted by molar-refractivity contribution is -0.165. The zero-order valence-electron chi connectivity index (χ0n) is 13.2. The summed E-state index contributed by atoms with van der Waals surface area (Å²) in [5, 5.41) is 11.7. The molecule has 22 heavy (non-hydrogen) atoms. The molecule has 1 atom stereocenters. The molecule has 7 heteroatoms. The molecule has 0 saturated heterocycles. The van der Waals surface area contributed by atoms with Gasteiger partial charge in [-0.1, -0.05) is 26.2 Å². The highest BCUT2D eigenvalue weighted by Crippen LogP contribution is 2.38. The van der Waals surface area contributed by atoms with Crippen LogP contribution in [0.15, 0.2) is 0 Å². The zero-order chi connectivity index (χ0) is 16.6. The number of carboxylic acid groups (broad SMARTS) is 1. The van der Waals surface area contributed by atoms with E-state index in [-0.39, 0.29) is 13.0 Å². The molecule has 1 fully saturated rings. The van der Waals surface area contributed by atoms with E-state index in [2.05, 4.69) is 5.32 Å². The Bertz CT molecular complexity index is 403. The second-order valence-electron chi connectivity index (χ2n) is 5.84. The van der Waals surface area contributed by atoms with E-state index in [1.807, 2.05) is 0 Å². The molecule has 0 radical (unpaired) electrons. The third-order valence-corrected chi connectivity index (χ3v) is 3.92. The fourth-order valence-electron chi connectivity index (χ4n) is 2.84. The van der Waals surface area contributed by atoms with E-state index < -0.39 is 29.7 Å². The SMILES string of the molecule is CCC(OC(C)=O)OC(=O)NCC1(CC(=O)O)CCCCC1. The van der Waals surface area contributed by atoms with Crippen molar-refractivity contribution in [2.75, 3.05) is 6.54 Å². The topological polar surface area (TPSA) is 102 Å². The van der Waals surface area contributed by atoms with Gasteiger partial charge in [0.15, 0.2) is 0 Å². The largest absolute Gasteiger partial charge is 0.481 e. The molecule has 0 bridgehead atoms. The first kappa shape index (κ1) is 18.3. The monoisotopic (exact) mass is 315 g/mol. The van der Waals surface area contributed by atoms with Gasteiger partial charge in [0.1, 0.15) is 0 Å². The van der Waals surface area contributed by atoms with Gasteiger partial charge in [-0.25, -0.2) is 4.79 Å². The molecule has 1 aliphatic rings. The number of esters is 1. The number of carboxylic acids is 1. The molecular weight excluding hydrogens is 290 g/mol. The smallest absolute Gasteiger partial charge is 0.410 e. The van der Waals surface area contributed by atoms with Crippen molar-refractivity contribution in [3.63, 3.8) is 0 Å². The number of alkyl carbamates (subject to hydrolysis) is 1. The molecule has 1 unspecified atom stereocenters. The predicted molar refractivity (Wildman–Crippen MR) is 78.1 cm³/mol. The first-order valence-corrected chi connectivity index (χ1v) is 7.70. The number of nitrogens with one attached hydrogen (secondary N) is 1. The Labute approximate surface area is 130 Å². The molecule has 0 aliphatic heterocycles. The van der Waals surface area contributed by atoms with E-state index >= 15 is 0 Å². The summed E-state index contributed by atoms with van der Waals surface area (Å²) in [5.74, 6) is -1.38. The van der Waals surface area contributed by atoms with Crippen LogP contribution in [0.25, 0.3) is 0 Å². The lowest BCUT2D eigenvalue weighted by Gasteiger charge is -2.36. The van der Waals surface area contributed by atoms with Gasteiger partial charge in [0.05, 0.1) is 6.42 Å². The van der Waals surface area contributed by atoms with Crippen LogP contribution < -0.4 is 5.32 Å². The summed E-state index contributed by atoms with van der Waals surface area (Å²) in [5.41, 5.74) is -0.410. The van der Waals surface area contributed by atoms with Gasteiger partial charge in [0, 0.05) is 19.9 Å². The van der Waals surface area contributed by atoms with Crippen LogP contribution in [0.2, 0.25) is 0 Å². The molecule has 1 amide bonds. The van der Waals surface area contributed by atoms with Crippen LogP contribution in [0.4, 0.5) is 4.79 Å². The molecule has 7 nitrogen and oxygen atoms in total. The van der Waals surface area contributed by atoms with Crippen molar-refractivity contribution in [3.8, 4) is 0 Å². The average molecular weight is 315 g/mol. The molecule has 1 aliphatic carbocycles. The third-order valence-electron chi connectivity index (χ3n) is 3.92. The minimum absolute atomic E-state index is 0.0361. The van der Waals surface area contributed by atoms with E-state index in [0.717, 1.165) is 32.1 Å². The first-order chi connectivity index (χ1) is 10.4. The summed E-state index contributed by atoms with van der Waals surface area (Å²) in [7, 11) is 0. The number of amides is 1. The van der Waals surface area contributed by atoms with Crippen molar-refractivity contribution in [1.82, 2.24) is 5.32 Å². The lowest BCUT2D eigenvalue weighted by Crippen LogP contribution is -2.41. The lowest BCUT2D eigenvalue weighted by atomic mass is 9.72. The van der Waals surface area contributed by atoms with Gasteiger partial charge in [-0.15, -0.1) is 0 Å². The second kappa shape index (κ2) is 8.60. The predicted octanol–water partition coefficient (Wildman–Crippen LogP) is 2.44. The molecule has 0 heterocycles. The van der Waals surface area contributed by atoms with Gasteiger partial charge < -0.3 is 19.9 Å². The number of aliphatic carboxylic acids is 1. The number of rotatable bonds is 7.